The Balaban J connectivity index is 3.30. The number of pyridine rings is 1. The van der Waals surface area contributed by atoms with Crippen molar-refractivity contribution in [1.82, 2.24) is 4.98 Å². The fraction of sp³-hybridized carbons (Fsp3) is 0.286. The number of aromatic nitrogens is 1. The predicted molar refractivity (Wildman–Crippen MR) is 47.9 cm³/mol. The van der Waals surface area contributed by atoms with Crippen LogP contribution in [0, 0.1) is 17.0 Å². The van der Waals surface area contributed by atoms with Crippen LogP contribution in [0.25, 0.3) is 0 Å². The van der Waals surface area contributed by atoms with E-state index in [1.807, 2.05) is 0 Å². The van der Waals surface area contributed by atoms with Crippen LogP contribution in [-0.2, 0) is 6.54 Å². The molecule has 0 aromatic carbocycles. The zero-order valence-electron chi connectivity index (χ0n) is 7.15. The van der Waals surface area contributed by atoms with Gasteiger partial charge < -0.3 is 11.5 Å². The van der Waals surface area contributed by atoms with Gasteiger partial charge in [-0.3, -0.25) is 10.1 Å². The molecule has 1 heterocycles. The molecule has 70 valence electrons. The molecule has 0 aliphatic carbocycles. The Morgan fingerprint density at radius 3 is 2.77 bits per heavy atom. The molecule has 1 aromatic rings. The van der Waals surface area contributed by atoms with Crippen LogP contribution in [0.1, 0.15) is 11.3 Å². The molecule has 0 bridgehead atoms. The summed E-state index contributed by atoms with van der Waals surface area (Å²) in [6.45, 7) is 1.93. The van der Waals surface area contributed by atoms with E-state index in [0.29, 0.717) is 11.3 Å². The maximum atomic E-state index is 10.4. The SMILES string of the molecule is Cc1nc(N)c([N+](=O)[O-])cc1CN. The molecule has 0 unspecified atom stereocenters. The summed E-state index contributed by atoms with van der Waals surface area (Å²) in [6, 6.07) is 1.36. The molecule has 6 nitrogen and oxygen atoms in total. The maximum absolute atomic E-state index is 10.4. The number of hydrogen-bond acceptors (Lipinski definition) is 5. The third-order valence-corrected chi connectivity index (χ3v) is 1.74. The molecule has 0 fully saturated rings. The Labute approximate surface area is 74.7 Å². The Bertz CT molecular complexity index is 351. The van der Waals surface area contributed by atoms with Crippen molar-refractivity contribution < 1.29 is 4.92 Å². The Morgan fingerprint density at radius 2 is 2.31 bits per heavy atom. The van der Waals surface area contributed by atoms with E-state index in [1.165, 1.54) is 6.07 Å². The van der Waals surface area contributed by atoms with Crippen LogP contribution < -0.4 is 11.5 Å². The third kappa shape index (κ3) is 1.73. The zero-order valence-corrected chi connectivity index (χ0v) is 7.15. The average Bonchev–Trinajstić information content (AvgIpc) is 2.03. The lowest BCUT2D eigenvalue weighted by molar-refractivity contribution is -0.384. The van der Waals surface area contributed by atoms with Crippen molar-refractivity contribution in [3.8, 4) is 0 Å². The zero-order chi connectivity index (χ0) is 10.0. The number of nitro groups is 1. The molecule has 1 rings (SSSR count). The van der Waals surface area contributed by atoms with Gasteiger partial charge in [-0.2, -0.15) is 0 Å². The van der Waals surface area contributed by atoms with Gasteiger partial charge in [0.25, 0.3) is 0 Å². The topological polar surface area (TPSA) is 108 Å². The third-order valence-electron chi connectivity index (χ3n) is 1.74. The monoisotopic (exact) mass is 182 g/mol. The first-order chi connectivity index (χ1) is 6.06. The fourth-order valence-electron chi connectivity index (χ4n) is 1.01. The highest BCUT2D eigenvalue weighted by atomic mass is 16.6. The van der Waals surface area contributed by atoms with Crippen molar-refractivity contribution in [1.29, 1.82) is 0 Å². The Kier molecular flexibility index (Phi) is 2.43. The van der Waals surface area contributed by atoms with E-state index >= 15 is 0 Å². The largest absolute Gasteiger partial charge is 0.378 e. The van der Waals surface area contributed by atoms with Crippen molar-refractivity contribution in [2.75, 3.05) is 5.73 Å². The van der Waals surface area contributed by atoms with E-state index in [9.17, 15) is 10.1 Å². The highest BCUT2D eigenvalue weighted by molar-refractivity contribution is 5.54. The van der Waals surface area contributed by atoms with Gasteiger partial charge in [-0.15, -0.1) is 0 Å². The van der Waals surface area contributed by atoms with Crippen molar-refractivity contribution >= 4 is 11.5 Å². The standard InChI is InChI=1S/C7H10N4O2/c1-4-5(3-8)2-6(11(12)13)7(9)10-4/h2H,3,8H2,1H3,(H2,9,10). The molecule has 13 heavy (non-hydrogen) atoms. The van der Waals surface area contributed by atoms with Gasteiger partial charge in [-0.1, -0.05) is 0 Å². The second kappa shape index (κ2) is 3.36. The van der Waals surface area contributed by atoms with Gasteiger partial charge in [-0.25, -0.2) is 4.98 Å². The first-order valence-corrected chi connectivity index (χ1v) is 3.66. The van der Waals surface area contributed by atoms with E-state index in [2.05, 4.69) is 4.98 Å². The molecule has 0 saturated heterocycles. The van der Waals surface area contributed by atoms with Crippen molar-refractivity contribution in [2.45, 2.75) is 13.5 Å². The summed E-state index contributed by atoms with van der Waals surface area (Å²) >= 11 is 0. The van der Waals surface area contributed by atoms with Crippen LogP contribution in [0.4, 0.5) is 11.5 Å². The quantitative estimate of drug-likeness (QED) is 0.506. The van der Waals surface area contributed by atoms with E-state index in [-0.39, 0.29) is 18.1 Å². The molecule has 6 heteroatoms. The molecule has 0 amide bonds. The summed E-state index contributed by atoms with van der Waals surface area (Å²) in [4.78, 5) is 13.7. The number of nitrogens with two attached hydrogens (primary N) is 2. The van der Waals surface area contributed by atoms with Crippen LogP contribution in [0.3, 0.4) is 0 Å². The minimum Gasteiger partial charge on any atom is -0.378 e. The molecule has 4 N–H and O–H groups in total. The van der Waals surface area contributed by atoms with E-state index in [1.54, 1.807) is 6.92 Å². The highest BCUT2D eigenvalue weighted by Crippen LogP contribution is 2.21. The van der Waals surface area contributed by atoms with Gasteiger partial charge in [0.15, 0.2) is 0 Å². The Hall–Kier alpha value is -1.69. The second-order valence-corrected chi connectivity index (χ2v) is 2.60. The summed E-state index contributed by atoms with van der Waals surface area (Å²) in [5.74, 6) is -0.0697. The molecule has 0 aliphatic heterocycles. The number of nitrogen functional groups attached to an aromatic ring is 1. The second-order valence-electron chi connectivity index (χ2n) is 2.60. The van der Waals surface area contributed by atoms with E-state index < -0.39 is 4.92 Å². The van der Waals surface area contributed by atoms with Gasteiger partial charge in [0.2, 0.25) is 5.82 Å². The summed E-state index contributed by atoms with van der Waals surface area (Å²) in [5.41, 5.74) is 11.8. The number of hydrogen-bond donors (Lipinski definition) is 2. The first kappa shape index (κ1) is 9.40. The summed E-state index contributed by atoms with van der Waals surface area (Å²) in [7, 11) is 0. The average molecular weight is 182 g/mol. The summed E-state index contributed by atoms with van der Waals surface area (Å²) < 4.78 is 0. The lowest BCUT2D eigenvalue weighted by atomic mass is 10.2. The molecule has 0 radical (unpaired) electrons. The van der Waals surface area contributed by atoms with Crippen molar-refractivity contribution in [3.05, 3.63) is 27.4 Å². The number of nitrogens with zero attached hydrogens (tertiary/aromatic N) is 2. The minimum absolute atomic E-state index is 0.0697. The molecule has 0 aliphatic rings. The van der Waals surface area contributed by atoms with Gasteiger partial charge in [0, 0.05) is 18.3 Å². The normalized spacial score (nSPS) is 10.0. The number of aryl methyl sites for hydroxylation is 1. The van der Waals surface area contributed by atoms with Gasteiger partial charge in [0.1, 0.15) is 0 Å². The lowest BCUT2D eigenvalue weighted by Gasteiger charge is -2.03. The molecule has 0 saturated carbocycles. The summed E-state index contributed by atoms with van der Waals surface area (Å²) in [5, 5.41) is 10.4. The number of rotatable bonds is 2. The van der Waals surface area contributed by atoms with Gasteiger partial charge >= 0.3 is 5.69 Å². The molecular weight excluding hydrogens is 172 g/mol. The number of anilines is 1. The van der Waals surface area contributed by atoms with Crippen LogP contribution >= 0.6 is 0 Å². The van der Waals surface area contributed by atoms with Crippen LogP contribution in [-0.4, -0.2) is 9.91 Å². The maximum Gasteiger partial charge on any atom is 0.311 e. The Morgan fingerprint density at radius 1 is 1.69 bits per heavy atom. The first-order valence-electron chi connectivity index (χ1n) is 3.66. The smallest absolute Gasteiger partial charge is 0.311 e. The van der Waals surface area contributed by atoms with Crippen molar-refractivity contribution in [3.63, 3.8) is 0 Å². The highest BCUT2D eigenvalue weighted by Gasteiger charge is 2.14. The van der Waals surface area contributed by atoms with Crippen LogP contribution in [0.5, 0.6) is 0 Å². The van der Waals surface area contributed by atoms with E-state index in [0.717, 1.165) is 0 Å². The molecule has 0 atom stereocenters. The molecule has 0 spiro atoms. The summed E-state index contributed by atoms with van der Waals surface area (Å²) in [6.07, 6.45) is 0. The van der Waals surface area contributed by atoms with Gasteiger partial charge in [0.05, 0.1) is 4.92 Å². The predicted octanol–water partition coefficient (Wildman–Crippen LogP) is 0.339. The van der Waals surface area contributed by atoms with E-state index in [4.69, 9.17) is 11.5 Å². The molecule has 1 aromatic heterocycles. The van der Waals surface area contributed by atoms with Crippen LogP contribution in [0.2, 0.25) is 0 Å². The fourth-order valence-corrected chi connectivity index (χ4v) is 1.01. The minimum atomic E-state index is -0.569. The lowest BCUT2D eigenvalue weighted by Crippen LogP contribution is -2.06. The van der Waals surface area contributed by atoms with Gasteiger partial charge in [-0.05, 0) is 12.5 Å². The van der Waals surface area contributed by atoms with Crippen LogP contribution in [0.15, 0.2) is 6.07 Å². The molecular formula is C7H10N4O2. The van der Waals surface area contributed by atoms with Crippen molar-refractivity contribution in [2.24, 2.45) is 5.73 Å².